The summed E-state index contributed by atoms with van der Waals surface area (Å²) in [5, 5.41) is 0. The van der Waals surface area contributed by atoms with Gasteiger partial charge in [0.05, 0.1) is 5.54 Å². The molecule has 0 aliphatic rings. The maximum atomic E-state index is 13.8. The van der Waals surface area contributed by atoms with Gasteiger partial charge in [-0.15, -0.1) is 0 Å². The first kappa shape index (κ1) is 11.6. The molecule has 1 rings (SSSR count). The van der Waals surface area contributed by atoms with E-state index in [0.717, 1.165) is 0 Å². The van der Waals surface area contributed by atoms with Crippen LogP contribution >= 0.6 is 15.9 Å². The standard InChI is InChI=1S/C10H12BrF2N/c1-9(2,14)10(12,13)7-5-3-4-6-8(7)11/h3-6H,14H2,1-2H3. The number of hydrogen-bond donors (Lipinski definition) is 1. The molecule has 1 aromatic rings. The lowest BCUT2D eigenvalue weighted by molar-refractivity contribution is -0.0679. The van der Waals surface area contributed by atoms with Crippen molar-refractivity contribution in [2.75, 3.05) is 0 Å². The molecule has 0 atom stereocenters. The highest BCUT2D eigenvalue weighted by atomic mass is 79.9. The lowest BCUT2D eigenvalue weighted by Crippen LogP contribution is -2.48. The summed E-state index contributed by atoms with van der Waals surface area (Å²) in [5.74, 6) is -3.05. The first-order valence-electron chi connectivity index (χ1n) is 4.18. The minimum absolute atomic E-state index is 0.0764. The molecule has 78 valence electrons. The molecule has 0 aromatic heterocycles. The Balaban J connectivity index is 3.23. The molecule has 0 unspecified atom stereocenters. The van der Waals surface area contributed by atoms with Crippen LogP contribution in [0.25, 0.3) is 0 Å². The maximum Gasteiger partial charge on any atom is 0.291 e. The van der Waals surface area contributed by atoms with Crippen LogP contribution in [-0.2, 0) is 5.92 Å². The Bertz CT molecular complexity index is 331. The number of alkyl halides is 2. The van der Waals surface area contributed by atoms with Gasteiger partial charge in [-0.2, -0.15) is 8.78 Å². The van der Waals surface area contributed by atoms with E-state index < -0.39 is 11.5 Å². The molecular formula is C10H12BrF2N. The van der Waals surface area contributed by atoms with Crippen LogP contribution in [0.4, 0.5) is 8.78 Å². The lowest BCUT2D eigenvalue weighted by Gasteiger charge is -2.31. The molecule has 0 bridgehead atoms. The number of benzene rings is 1. The molecule has 1 nitrogen and oxygen atoms in total. The molecule has 0 amide bonds. The van der Waals surface area contributed by atoms with E-state index in [4.69, 9.17) is 5.73 Å². The second-order valence-corrected chi connectivity index (χ2v) is 4.63. The predicted octanol–water partition coefficient (Wildman–Crippen LogP) is 3.28. The van der Waals surface area contributed by atoms with Crippen molar-refractivity contribution in [2.45, 2.75) is 25.3 Å². The van der Waals surface area contributed by atoms with Gasteiger partial charge in [0, 0.05) is 10.0 Å². The van der Waals surface area contributed by atoms with E-state index in [0.29, 0.717) is 4.47 Å². The molecule has 0 fully saturated rings. The molecule has 0 aliphatic heterocycles. The van der Waals surface area contributed by atoms with Gasteiger partial charge in [-0.1, -0.05) is 34.1 Å². The fourth-order valence-electron chi connectivity index (χ4n) is 1.06. The Kier molecular flexibility index (Phi) is 2.97. The molecule has 0 spiro atoms. The van der Waals surface area contributed by atoms with Crippen molar-refractivity contribution in [1.82, 2.24) is 0 Å². The molecule has 1 aromatic carbocycles. The summed E-state index contributed by atoms with van der Waals surface area (Å²) in [5.41, 5.74) is 3.79. The number of hydrogen-bond acceptors (Lipinski definition) is 1. The lowest BCUT2D eigenvalue weighted by atomic mass is 9.91. The fraction of sp³-hybridized carbons (Fsp3) is 0.400. The Labute approximate surface area is 90.4 Å². The van der Waals surface area contributed by atoms with Gasteiger partial charge in [-0.25, -0.2) is 0 Å². The van der Waals surface area contributed by atoms with Gasteiger partial charge in [0.1, 0.15) is 0 Å². The van der Waals surface area contributed by atoms with Crippen molar-refractivity contribution in [1.29, 1.82) is 0 Å². The third-order valence-corrected chi connectivity index (χ3v) is 2.71. The monoisotopic (exact) mass is 263 g/mol. The first-order valence-corrected chi connectivity index (χ1v) is 4.98. The van der Waals surface area contributed by atoms with E-state index in [1.807, 2.05) is 0 Å². The van der Waals surface area contributed by atoms with E-state index in [-0.39, 0.29) is 5.56 Å². The van der Waals surface area contributed by atoms with Crippen LogP contribution in [0, 0.1) is 0 Å². The zero-order valence-electron chi connectivity index (χ0n) is 8.02. The average Bonchev–Trinajstić information content (AvgIpc) is 2.02. The van der Waals surface area contributed by atoms with Crippen molar-refractivity contribution < 1.29 is 8.78 Å². The van der Waals surface area contributed by atoms with E-state index in [1.54, 1.807) is 18.2 Å². The highest BCUT2D eigenvalue weighted by Gasteiger charge is 2.46. The quantitative estimate of drug-likeness (QED) is 0.871. The Morgan fingerprint density at radius 1 is 1.21 bits per heavy atom. The second-order valence-electron chi connectivity index (χ2n) is 3.78. The van der Waals surface area contributed by atoms with E-state index in [1.165, 1.54) is 19.9 Å². The summed E-state index contributed by atoms with van der Waals surface area (Å²) in [6.07, 6.45) is 0. The number of halogens is 3. The van der Waals surface area contributed by atoms with Crippen LogP contribution in [0.3, 0.4) is 0 Å². The normalized spacial score (nSPS) is 13.0. The van der Waals surface area contributed by atoms with Crippen LogP contribution in [0.1, 0.15) is 19.4 Å². The zero-order valence-corrected chi connectivity index (χ0v) is 9.61. The summed E-state index contributed by atoms with van der Waals surface area (Å²) in [6.45, 7) is 2.62. The fourth-order valence-corrected chi connectivity index (χ4v) is 1.60. The van der Waals surface area contributed by atoms with Crippen molar-refractivity contribution >= 4 is 15.9 Å². The van der Waals surface area contributed by atoms with Gasteiger partial charge in [0.2, 0.25) is 0 Å². The minimum Gasteiger partial charge on any atom is -0.320 e. The van der Waals surface area contributed by atoms with Gasteiger partial charge in [-0.05, 0) is 19.9 Å². The summed E-state index contributed by atoms with van der Waals surface area (Å²) < 4.78 is 27.9. The molecule has 0 radical (unpaired) electrons. The first-order chi connectivity index (χ1) is 6.27. The molecule has 0 heterocycles. The van der Waals surface area contributed by atoms with Crippen LogP contribution in [-0.4, -0.2) is 5.54 Å². The average molecular weight is 264 g/mol. The van der Waals surface area contributed by atoms with E-state index in [2.05, 4.69) is 15.9 Å². The molecular weight excluding hydrogens is 252 g/mol. The Hall–Kier alpha value is -0.480. The highest BCUT2D eigenvalue weighted by Crippen LogP contribution is 2.40. The van der Waals surface area contributed by atoms with Crippen LogP contribution in [0.2, 0.25) is 0 Å². The molecule has 2 N–H and O–H groups in total. The van der Waals surface area contributed by atoms with Gasteiger partial charge in [0.25, 0.3) is 5.92 Å². The third kappa shape index (κ3) is 1.96. The summed E-state index contributed by atoms with van der Waals surface area (Å²) in [7, 11) is 0. The van der Waals surface area contributed by atoms with Crippen molar-refractivity contribution in [3.8, 4) is 0 Å². The molecule has 0 aliphatic carbocycles. The molecule has 14 heavy (non-hydrogen) atoms. The summed E-state index contributed by atoms with van der Waals surface area (Å²) >= 11 is 3.09. The maximum absolute atomic E-state index is 13.8. The second kappa shape index (κ2) is 3.59. The SMILES string of the molecule is CC(C)(N)C(F)(F)c1ccccc1Br. The summed E-state index contributed by atoms with van der Waals surface area (Å²) in [6, 6.07) is 6.21. The molecule has 0 saturated carbocycles. The Morgan fingerprint density at radius 3 is 2.14 bits per heavy atom. The van der Waals surface area contributed by atoms with Gasteiger partial charge < -0.3 is 5.73 Å². The Morgan fingerprint density at radius 2 is 1.71 bits per heavy atom. The van der Waals surface area contributed by atoms with Crippen LogP contribution in [0.15, 0.2) is 28.7 Å². The van der Waals surface area contributed by atoms with Crippen molar-refractivity contribution in [3.05, 3.63) is 34.3 Å². The summed E-state index contributed by atoms with van der Waals surface area (Å²) in [4.78, 5) is 0. The largest absolute Gasteiger partial charge is 0.320 e. The van der Waals surface area contributed by atoms with Crippen LogP contribution < -0.4 is 5.73 Å². The molecule has 0 saturated heterocycles. The number of nitrogens with two attached hydrogens (primary N) is 1. The zero-order chi connectivity index (χ0) is 11.0. The van der Waals surface area contributed by atoms with Gasteiger partial charge >= 0.3 is 0 Å². The van der Waals surface area contributed by atoms with Gasteiger partial charge in [-0.3, -0.25) is 0 Å². The highest BCUT2D eigenvalue weighted by molar-refractivity contribution is 9.10. The third-order valence-electron chi connectivity index (χ3n) is 2.02. The number of rotatable bonds is 2. The van der Waals surface area contributed by atoms with Crippen LogP contribution in [0.5, 0.6) is 0 Å². The topological polar surface area (TPSA) is 26.0 Å². The van der Waals surface area contributed by atoms with E-state index >= 15 is 0 Å². The smallest absolute Gasteiger partial charge is 0.291 e. The molecule has 4 heteroatoms. The van der Waals surface area contributed by atoms with Crippen molar-refractivity contribution in [2.24, 2.45) is 5.73 Å². The minimum atomic E-state index is -3.05. The predicted molar refractivity (Wildman–Crippen MR) is 56.3 cm³/mol. The van der Waals surface area contributed by atoms with Crippen molar-refractivity contribution in [3.63, 3.8) is 0 Å². The van der Waals surface area contributed by atoms with Gasteiger partial charge in [0.15, 0.2) is 0 Å². The van der Waals surface area contributed by atoms with E-state index in [9.17, 15) is 8.78 Å².